The minimum atomic E-state index is -1.03. The van der Waals surface area contributed by atoms with Gasteiger partial charge in [-0.05, 0) is 49.4 Å². The van der Waals surface area contributed by atoms with Crippen LogP contribution in [0.5, 0.6) is 0 Å². The van der Waals surface area contributed by atoms with Gasteiger partial charge in [-0.2, -0.15) is 5.26 Å². The first kappa shape index (κ1) is 18.7. The number of hydrogen-bond donors (Lipinski definition) is 2. The molecule has 0 aromatic heterocycles. The number of rotatable bonds is 5. The number of esters is 1. The fourth-order valence-corrected chi connectivity index (χ4v) is 2.08. The Hall–Kier alpha value is -3.66. The molecular weight excluding hydrogens is 334 g/mol. The zero-order valence-corrected chi connectivity index (χ0v) is 14.3. The molecule has 0 bridgehead atoms. The first-order valence-electron chi connectivity index (χ1n) is 7.78. The van der Waals surface area contributed by atoms with E-state index in [1.807, 2.05) is 6.07 Å². The predicted octanol–water partition coefficient (Wildman–Crippen LogP) is 2.70. The molecule has 0 spiro atoms. The molecule has 0 heterocycles. The van der Waals surface area contributed by atoms with Crippen molar-refractivity contribution in [1.82, 2.24) is 0 Å². The number of ether oxygens (including phenoxy) is 1. The van der Waals surface area contributed by atoms with Crippen molar-refractivity contribution >= 4 is 29.2 Å². The number of nitrogens with one attached hydrogen (secondary N) is 2. The van der Waals surface area contributed by atoms with Crippen molar-refractivity contribution in [3.8, 4) is 6.07 Å². The highest BCUT2D eigenvalue weighted by Crippen LogP contribution is 2.14. The third-order valence-corrected chi connectivity index (χ3v) is 3.35. The third-order valence-electron chi connectivity index (χ3n) is 3.35. The van der Waals surface area contributed by atoms with E-state index in [9.17, 15) is 14.4 Å². The number of amides is 2. The van der Waals surface area contributed by atoms with Gasteiger partial charge in [0.25, 0.3) is 5.91 Å². The summed E-state index contributed by atoms with van der Waals surface area (Å²) < 4.78 is 5.16. The molecule has 0 unspecified atom stereocenters. The summed E-state index contributed by atoms with van der Waals surface area (Å²) in [7, 11) is 0. The molecule has 132 valence electrons. The molecule has 26 heavy (non-hydrogen) atoms. The van der Waals surface area contributed by atoms with E-state index in [1.54, 1.807) is 36.4 Å². The Kier molecular flexibility index (Phi) is 6.06. The second-order valence-corrected chi connectivity index (χ2v) is 5.49. The Morgan fingerprint density at radius 3 is 2.35 bits per heavy atom. The van der Waals surface area contributed by atoms with E-state index in [0.717, 1.165) is 0 Å². The van der Waals surface area contributed by atoms with Gasteiger partial charge in [0.1, 0.15) is 0 Å². The first-order valence-corrected chi connectivity index (χ1v) is 7.78. The molecule has 7 nitrogen and oxygen atoms in total. The van der Waals surface area contributed by atoms with Crippen molar-refractivity contribution in [3.63, 3.8) is 0 Å². The molecular formula is C19H17N3O4. The topological polar surface area (TPSA) is 108 Å². The minimum Gasteiger partial charge on any atom is -0.449 e. The second kappa shape index (κ2) is 8.44. The summed E-state index contributed by atoms with van der Waals surface area (Å²) in [6.07, 6.45) is -1.03. The maximum atomic E-state index is 12.2. The van der Waals surface area contributed by atoms with Crippen LogP contribution in [-0.2, 0) is 14.3 Å². The number of nitriles is 1. The van der Waals surface area contributed by atoms with Crippen LogP contribution in [0.2, 0.25) is 0 Å². The van der Waals surface area contributed by atoms with Crippen LogP contribution in [0.4, 0.5) is 11.4 Å². The number of hydrogen-bond acceptors (Lipinski definition) is 5. The van der Waals surface area contributed by atoms with E-state index in [2.05, 4.69) is 10.6 Å². The molecule has 0 fully saturated rings. The molecule has 2 aromatic carbocycles. The van der Waals surface area contributed by atoms with Gasteiger partial charge in [-0.3, -0.25) is 9.59 Å². The third kappa shape index (κ3) is 5.18. The Morgan fingerprint density at radius 2 is 1.73 bits per heavy atom. The Morgan fingerprint density at radius 1 is 1.04 bits per heavy atom. The lowest BCUT2D eigenvalue weighted by Gasteiger charge is -2.14. The zero-order chi connectivity index (χ0) is 19.1. The monoisotopic (exact) mass is 351 g/mol. The van der Waals surface area contributed by atoms with E-state index >= 15 is 0 Å². The van der Waals surface area contributed by atoms with Gasteiger partial charge >= 0.3 is 5.97 Å². The average molecular weight is 351 g/mol. The van der Waals surface area contributed by atoms with E-state index < -0.39 is 18.0 Å². The molecule has 1 atom stereocenters. The number of nitrogens with zero attached hydrogens (tertiary/aromatic N) is 1. The molecule has 0 aliphatic heterocycles. The average Bonchev–Trinajstić information content (AvgIpc) is 2.62. The Bertz CT molecular complexity index is 869. The molecule has 2 rings (SSSR count). The lowest BCUT2D eigenvalue weighted by Crippen LogP contribution is -2.30. The van der Waals surface area contributed by atoms with Gasteiger partial charge in [0, 0.05) is 18.3 Å². The molecule has 0 radical (unpaired) electrons. The summed E-state index contributed by atoms with van der Waals surface area (Å²) in [6.45, 7) is 2.81. The smallest absolute Gasteiger partial charge is 0.338 e. The molecule has 7 heteroatoms. The van der Waals surface area contributed by atoms with Gasteiger partial charge in [-0.25, -0.2) is 4.79 Å². The lowest BCUT2D eigenvalue weighted by molar-refractivity contribution is -0.123. The lowest BCUT2D eigenvalue weighted by atomic mass is 10.2. The van der Waals surface area contributed by atoms with Gasteiger partial charge in [-0.15, -0.1) is 0 Å². The van der Waals surface area contributed by atoms with Crippen LogP contribution in [0.3, 0.4) is 0 Å². The number of carbonyl (C=O) groups is 3. The number of carbonyl (C=O) groups excluding carboxylic acids is 3. The second-order valence-electron chi connectivity index (χ2n) is 5.49. The van der Waals surface area contributed by atoms with Crippen molar-refractivity contribution < 1.29 is 19.1 Å². The fraction of sp³-hybridized carbons (Fsp3) is 0.158. The summed E-state index contributed by atoms with van der Waals surface area (Å²) >= 11 is 0. The van der Waals surface area contributed by atoms with Crippen molar-refractivity contribution in [2.75, 3.05) is 10.6 Å². The summed E-state index contributed by atoms with van der Waals surface area (Å²) in [5, 5.41) is 13.9. The maximum absolute atomic E-state index is 12.2. The van der Waals surface area contributed by atoms with Crippen LogP contribution in [-0.4, -0.2) is 23.9 Å². The number of anilines is 2. The molecule has 0 aliphatic rings. The van der Waals surface area contributed by atoms with Gasteiger partial charge < -0.3 is 15.4 Å². The Balaban J connectivity index is 1.98. The molecule has 2 N–H and O–H groups in total. The van der Waals surface area contributed by atoms with E-state index in [4.69, 9.17) is 10.00 Å². The van der Waals surface area contributed by atoms with Crippen molar-refractivity contribution in [2.45, 2.75) is 20.0 Å². The zero-order valence-electron chi connectivity index (χ0n) is 14.3. The summed E-state index contributed by atoms with van der Waals surface area (Å²) in [5.41, 5.74) is 1.64. The van der Waals surface area contributed by atoms with Gasteiger partial charge in [-0.1, -0.05) is 6.07 Å². The molecule has 2 amide bonds. The highest BCUT2D eigenvalue weighted by atomic mass is 16.5. The SMILES string of the molecule is CC(=O)Nc1cccc(C(=O)O[C@@H](C)C(=O)Nc2ccc(C#N)cc2)c1. The van der Waals surface area contributed by atoms with Crippen LogP contribution < -0.4 is 10.6 Å². The normalized spacial score (nSPS) is 11.0. The summed E-state index contributed by atoms with van der Waals surface area (Å²) in [4.78, 5) is 35.4. The summed E-state index contributed by atoms with van der Waals surface area (Å²) in [5.74, 6) is -1.44. The van der Waals surface area contributed by atoms with Crippen LogP contribution in [0.1, 0.15) is 29.8 Å². The molecule has 0 saturated carbocycles. The fourth-order valence-electron chi connectivity index (χ4n) is 2.08. The standard InChI is InChI=1S/C19H17N3O4/c1-12(18(24)22-16-8-6-14(11-20)7-9-16)26-19(25)15-4-3-5-17(10-15)21-13(2)23/h3-10,12H,1-2H3,(H,21,23)(H,22,24)/t12-/m0/s1. The van der Waals surface area contributed by atoms with Crippen LogP contribution >= 0.6 is 0 Å². The molecule has 2 aromatic rings. The molecule has 0 aliphatic carbocycles. The predicted molar refractivity (Wildman–Crippen MR) is 95.4 cm³/mol. The maximum Gasteiger partial charge on any atom is 0.338 e. The van der Waals surface area contributed by atoms with E-state index in [0.29, 0.717) is 16.9 Å². The number of benzene rings is 2. The minimum absolute atomic E-state index is 0.217. The van der Waals surface area contributed by atoms with Gasteiger partial charge in [0.05, 0.1) is 17.2 Å². The first-order chi connectivity index (χ1) is 12.4. The van der Waals surface area contributed by atoms with Crippen molar-refractivity contribution in [2.24, 2.45) is 0 Å². The van der Waals surface area contributed by atoms with Gasteiger partial charge in [0.2, 0.25) is 5.91 Å². The van der Waals surface area contributed by atoms with Gasteiger partial charge in [0.15, 0.2) is 6.10 Å². The summed E-state index contributed by atoms with van der Waals surface area (Å²) in [6, 6.07) is 14.5. The van der Waals surface area contributed by atoms with Crippen LogP contribution in [0.25, 0.3) is 0 Å². The van der Waals surface area contributed by atoms with Crippen molar-refractivity contribution in [3.05, 3.63) is 59.7 Å². The quantitative estimate of drug-likeness (QED) is 0.805. The van der Waals surface area contributed by atoms with E-state index in [1.165, 1.54) is 26.0 Å². The van der Waals surface area contributed by atoms with Crippen LogP contribution in [0, 0.1) is 11.3 Å². The highest BCUT2D eigenvalue weighted by molar-refractivity contribution is 5.98. The van der Waals surface area contributed by atoms with E-state index in [-0.39, 0.29) is 11.5 Å². The molecule has 0 saturated heterocycles. The van der Waals surface area contributed by atoms with Crippen molar-refractivity contribution in [1.29, 1.82) is 5.26 Å². The van der Waals surface area contributed by atoms with Crippen LogP contribution in [0.15, 0.2) is 48.5 Å². The largest absolute Gasteiger partial charge is 0.449 e. The highest BCUT2D eigenvalue weighted by Gasteiger charge is 2.19. The Labute approximate surface area is 150 Å².